The molecule has 0 saturated carbocycles. The number of thiazole rings is 1. The third-order valence-corrected chi connectivity index (χ3v) is 7.78. The van der Waals surface area contributed by atoms with Gasteiger partial charge in [0, 0.05) is 35.5 Å². The second-order valence-corrected chi connectivity index (χ2v) is 11.0. The molecule has 5 nitrogen and oxygen atoms in total. The number of hydrogen-bond donors (Lipinski definition) is 1. The van der Waals surface area contributed by atoms with E-state index in [1.807, 2.05) is 18.2 Å². The Morgan fingerprint density at radius 1 is 1.21 bits per heavy atom. The highest BCUT2D eigenvalue weighted by atomic mass is 35.5. The fourth-order valence-electron chi connectivity index (χ4n) is 3.36. The van der Waals surface area contributed by atoms with Gasteiger partial charge in [-0.3, -0.25) is 14.5 Å². The van der Waals surface area contributed by atoms with Crippen LogP contribution in [0, 0.1) is 6.92 Å². The van der Waals surface area contributed by atoms with Crippen LogP contribution >= 0.6 is 46.9 Å². The molecular weight excluding hydrogens is 506 g/mol. The number of nitrogens with one attached hydrogen (secondary N) is 1. The van der Waals surface area contributed by atoms with Gasteiger partial charge < -0.3 is 5.32 Å². The van der Waals surface area contributed by atoms with Crippen molar-refractivity contribution in [3.63, 3.8) is 0 Å². The van der Waals surface area contributed by atoms with Crippen LogP contribution in [0.2, 0.25) is 5.02 Å². The van der Waals surface area contributed by atoms with Crippen LogP contribution < -0.4 is 5.32 Å². The molecule has 9 heteroatoms. The summed E-state index contributed by atoms with van der Waals surface area (Å²) >= 11 is 14.3. The molecule has 0 aliphatic carbocycles. The molecule has 0 spiro atoms. The molecule has 1 fully saturated rings. The Balaban J connectivity index is 1.26. The van der Waals surface area contributed by atoms with Gasteiger partial charge >= 0.3 is 0 Å². The van der Waals surface area contributed by atoms with E-state index < -0.39 is 0 Å². The van der Waals surface area contributed by atoms with Crippen molar-refractivity contribution in [3.8, 4) is 0 Å². The maximum absolute atomic E-state index is 12.8. The van der Waals surface area contributed by atoms with Gasteiger partial charge in [-0.1, -0.05) is 83.6 Å². The number of nitrogens with zero attached hydrogens (tertiary/aromatic N) is 2. The quantitative estimate of drug-likeness (QED) is 0.274. The molecule has 2 amide bonds. The fraction of sp³-hybridized carbons (Fsp3) is 0.200. The van der Waals surface area contributed by atoms with E-state index in [4.69, 9.17) is 23.8 Å². The van der Waals surface area contributed by atoms with E-state index in [0.29, 0.717) is 32.3 Å². The summed E-state index contributed by atoms with van der Waals surface area (Å²) in [7, 11) is 0. The molecule has 34 heavy (non-hydrogen) atoms. The molecule has 2 heterocycles. The standard InChI is InChI=1S/C25H22ClN3O2S3/c1-16-8-10-17(11-9-16)13-19-15-27-24(33-19)28-22(30)7-4-12-29-23(31)21(34-25(29)32)14-18-5-2-3-6-20(18)26/h2-3,5-6,8-11,14-15H,4,7,12-13H2,1H3,(H,27,28,30). The van der Waals surface area contributed by atoms with Crippen molar-refractivity contribution >= 4 is 74.3 Å². The minimum absolute atomic E-state index is 0.131. The number of aryl methyl sites for hydroxylation is 1. The molecule has 0 radical (unpaired) electrons. The summed E-state index contributed by atoms with van der Waals surface area (Å²) in [6.07, 6.45) is 5.10. The summed E-state index contributed by atoms with van der Waals surface area (Å²) in [4.78, 5) is 32.6. The van der Waals surface area contributed by atoms with Gasteiger partial charge in [0.15, 0.2) is 5.13 Å². The first-order chi connectivity index (χ1) is 16.4. The average Bonchev–Trinajstić information content (AvgIpc) is 3.35. The highest BCUT2D eigenvalue weighted by Crippen LogP contribution is 2.34. The lowest BCUT2D eigenvalue weighted by atomic mass is 10.1. The maximum Gasteiger partial charge on any atom is 0.266 e. The van der Waals surface area contributed by atoms with Gasteiger partial charge in [-0.25, -0.2) is 4.98 Å². The zero-order valence-corrected chi connectivity index (χ0v) is 21.6. The van der Waals surface area contributed by atoms with Crippen LogP contribution in [0.15, 0.2) is 59.6 Å². The monoisotopic (exact) mass is 527 g/mol. The predicted molar refractivity (Wildman–Crippen MR) is 145 cm³/mol. The van der Waals surface area contributed by atoms with Crippen molar-refractivity contribution in [2.45, 2.75) is 26.2 Å². The van der Waals surface area contributed by atoms with E-state index in [9.17, 15) is 9.59 Å². The number of thioether (sulfide) groups is 1. The van der Waals surface area contributed by atoms with Gasteiger partial charge in [0.25, 0.3) is 5.91 Å². The van der Waals surface area contributed by atoms with Crippen LogP contribution in [0.5, 0.6) is 0 Å². The summed E-state index contributed by atoms with van der Waals surface area (Å²) in [5.74, 6) is -0.288. The second-order valence-electron chi connectivity index (χ2n) is 7.80. The van der Waals surface area contributed by atoms with Crippen molar-refractivity contribution < 1.29 is 9.59 Å². The number of amides is 2. The van der Waals surface area contributed by atoms with E-state index >= 15 is 0 Å². The lowest BCUT2D eigenvalue weighted by Gasteiger charge is -2.13. The number of hydrogen-bond acceptors (Lipinski definition) is 6. The number of rotatable bonds is 8. The molecule has 1 saturated heterocycles. The van der Waals surface area contributed by atoms with Crippen LogP contribution in [0.4, 0.5) is 5.13 Å². The van der Waals surface area contributed by atoms with E-state index in [1.165, 1.54) is 34.2 Å². The Morgan fingerprint density at radius 3 is 2.74 bits per heavy atom. The molecule has 0 bridgehead atoms. The van der Waals surface area contributed by atoms with Gasteiger partial charge in [0.1, 0.15) is 4.32 Å². The molecule has 1 aromatic heterocycles. The first-order valence-electron chi connectivity index (χ1n) is 10.7. The van der Waals surface area contributed by atoms with Crippen LogP contribution in [-0.4, -0.2) is 32.6 Å². The lowest BCUT2D eigenvalue weighted by Crippen LogP contribution is -2.29. The molecule has 2 aromatic carbocycles. The van der Waals surface area contributed by atoms with Gasteiger partial charge in [-0.2, -0.15) is 0 Å². The third-order valence-electron chi connectivity index (χ3n) is 5.15. The summed E-state index contributed by atoms with van der Waals surface area (Å²) in [5, 5.41) is 4.01. The lowest BCUT2D eigenvalue weighted by molar-refractivity contribution is -0.122. The van der Waals surface area contributed by atoms with Crippen molar-refractivity contribution in [2.24, 2.45) is 0 Å². The summed E-state index contributed by atoms with van der Waals surface area (Å²) < 4.78 is 0.490. The number of carbonyl (C=O) groups excluding carboxylic acids is 2. The van der Waals surface area contributed by atoms with Crippen molar-refractivity contribution in [3.05, 3.63) is 86.2 Å². The van der Waals surface area contributed by atoms with Crippen molar-refractivity contribution in [2.75, 3.05) is 11.9 Å². The number of carbonyl (C=O) groups is 2. The third kappa shape index (κ3) is 6.33. The van der Waals surface area contributed by atoms with Crippen molar-refractivity contribution in [1.29, 1.82) is 0 Å². The molecule has 3 aromatic rings. The first-order valence-corrected chi connectivity index (χ1v) is 13.1. The number of halogens is 1. The number of anilines is 1. The van der Waals surface area contributed by atoms with Crippen LogP contribution in [0.1, 0.15) is 34.4 Å². The number of benzene rings is 2. The molecule has 0 unspecified atom stereocenters. The van der Waals surface area contributed by atoms with E-state index in [1.54, 1.807) is 23.2 Å². The SMILES string of the molecule is Cc1ccc(Cc2cnc(NC(=O)CCCN3C(=O)C(=Cc4ccccc4Cl)SC3=S)s2)cc1. The fourth-order valence-corrected chi connectivity index (χ4v) is 5.71. The molecule has 1 N–H and O–H groups in total. The zero-order valence-electron chi connectivity index (χ0n) is 18.4. The highest BCUT2D eigenvalue weighted by molar-refractivity contribution is 8.26. The van der Waals surface area contributed by atoms with Crippen molar-refractivity contribution in [1.82, 2.24) is 9.88 Å². The maximum atomic E-state index is 12.8. The molecule has 0 atom stereocenters. The Labute approximate surface area is 217 Å². The Kier molecular flexibility index (Phi) is 8.15. The van der Waals surface area contributed by atoms with Crippen LogP contribution in [0.3, 0.4) is 0 Å². The minimum atomic E-state index is -0.156. The topological polar surface area (TPSA) is 62.3 Å². The van der Waals surface area contributed by atoms with Gasteiger partial charge in [-0.05, 0) is 36.6 Å². The number of aromatic nitrogens is 1. The Morgan fingerprint density at radius 2 is 1.97 bits per heavy atom. The van der Waals surface area contributed by atoms with E-state index in [-0.39, 0.29) is 18.2 Å². The van der Waals surface area contributed by atoms with Gasteiger partial charge in [-0.15, -0.1) is 11.3 Å². The largest absolute Gasteiger partial charge is 0.302 e. The van der Waals surface area contributed by atoms with Crippen LogP contribution in [-0.2, 0) is 16.0 Å². The summed E-state index contributed by atoms with van der Waals surface area (Å²) in [6, 6.07) is 15.7. The Hall–Kier alpha value is -2.52. The summed E-state index contributed by atoms with van der Waals surface area (Å²) in [5.41, 5.74) is 3.21. The molecule has 174 valence electrons. The van der Waals surface area contributed by atoms with Crippen LogP contribution in [0.25, 0.3) is 6.08 Å². The molecule has 4 rings (SSSR count). The van der Waals surface area contributed by atoms with Gasteiger partial charge in [0.2, 0.25) is 5.91 Å². The minimum Gasteiger partial charge on any atom is -0.302 e. The van der Waals surface area contributed by atoms with E-state index in [2.05, 4.69) is 41.5 Å². The van der Waals surface area contributed by atoms with Gasteiger partial charge in [0.05, 0.1) is 4.91 Å². The highest BCUT2D eigenvalue weighted by Gasteiger charge is 2.31. The first kappa shape index (κ1) is 24.6. The zero-order chi connectivity index (χ0) is 24.1. The predicted octanol–water partition coefficient (Wildman–Crippen LogP) is 6.32. The second kappa shape index (κ2) is 11.3. The molecule has 1 aliphatic heterocycles. The van der Waals surface area contributed by atoms with E-state index in [0.717, 1.165) is 16.9 Å². The average molecular weight is 528 g/mol. The Bertz CT molecular complexity index is 1250. The summed E-state index contributed by atoms with van der Waals surface area (Å²) in [6.45, 7) is 2.45. The number of thiocarbonyl (C=S) groups is 1. The smallest absolute Gasteiger partial charge is 0.266 e. The normalized spacial score (nSPS) is 14.8. The molecular formula is C25H22ClN3O2S3. The molecule has 1 aliphatic rings.